The summed E-state index contributed by atoms with van der Waals surface area (Å²) >= 11 is 0. The molecule has 0 bridgehead atoms. The van der Waals surface area contributed by atoms with Crippen molar-refractivity contribution >= 4 is 27.5 Å². The number of nitrogens with one attached hydrogen (secondary N) is 1. The summed E-state index contributed by atoms with van der Waals surface area (Å²) in [5.74, 6) is -0.548. The Hall–Kier alpha value is -4.43. The first kappa shape index (κ1) is 31.5. The molecule has 0 aliphatic carbocycles. The van der Waals surface area contributed by atoms with E-state index in [0.717, 1.165) is 21.0 Å². The van der Waals surface area contributed by atoms with E-state index in [9.17, 15) is 18.0 Å². The van der Waals surface area contributed by atoms with Crippen molar-refractivity contribution in [2.24, 2.45) is 5.92 Å². The Bertz CT molecular complexity index is 1590. The molecule has 4 aromatic rings. The third-order valence-electron chi connectivity index (χ3n) is 7.05. The monoisotopic (exact) mass is 597 g/mol. The molecule has 0 saturated heterocycles. The second-order valence-corrected chi connectivity index (χ2v) is 12.9. The summed E-state index contributed by atoms with van der Waals surface area (Å²) in [6, 6.07) is 33.2. The van der Waals surface area contributed by atoms with E-state index in [1.165, 1.54) is 17.0 Å². The molecule has 0 heterocycles. The number of hydrogen-bond donors (Lipinski definition) is 1. The second kappa shape index (κ2) is 14.6. The zero-order chi connectivity index (χ0) is 30.8. The van der Waals surface area contributed by atoms with Crippen molar-refractivity contribution in [3.8, 4) is 0 Å². The number of rotatable bonds is 13. The first-order valence-electron chi connectivity index (χ1n) is 14.4. The lowest BCUT2D eigenvalue weighted by Crippen LogP contribution is -2.53. The first-order valence-corrected chi connectivity index (χ1v) is 15.9. The van der Waals surface area contributed by atoms with Crippen LogP contribution < -0.4 is 9.62 Å². The molecule has 4 aromatic carbocycles. The van der Waals surface area contributed by atoms with Gasteiger partial charge < -0.3 is 10.2 Å². The van der Waals surface area contributed by atoms with E-state index in [-0.39, 0.29) is 29.7 Å². The lowest BCUT2D eigenvalue weighted by molar-refractivity contribution is -0.140. The standard InChI is InChI=1S/C35H39N3O4S/c1-27(2)24-36-35(40)33(23-29-15-7-4-8-16-29)37(25-30-17-9-5-10-18-30)34(39)26-38(31-19-13-14-28(3)22-31)43(41,42)32-20-11-6-12-21-32/h4-22,27,33H,23-26H2,1-3H3,(H,36,40)/t33-/m1/s1. The fourth-order valence-corrected chi connectivity index (χ4v) is 6.22. The maximum Gasteiger partial charge on any atom is 0.264 e. The molecular formula is C35H39N3O4S. The van der Waals surface area contributed by atoms with Gasteiger partial charge in [0.15, 0.2) is 0 Å². The van der Waals surface area contributed by atoms with Crippen molar-refractivity contribution in [1.82, 2.24) is 10.2 Å². The average molecular weight is 598 g/mol. The summed E-state index contributed by atoms with van der Waals surface area (Å²) in [6.45, 7) is 6.00. The highest BCUT2D eigenvalue weighted by Crippen LogP contribution is 2.26. The van der Waals surface area contributed by atoms with Crippen LogP contribution in [0.25, 0.3) is 0 Å². The molecule has 4 rings (SSSR count). The summed E-state index contributed by atoms with van der Waals surface area (Å²) in [5.41, 5.74) is 2.96. The third-order valence-corrected chi connectivity index (χ3v) is 8.84. The quantitative estimate of drug-likeness (QED) is 0.217. The van der Waals surface area contributed by atoms with Gasteiger partial charge in [0.25, 0.3) is 10.0 Å². The van der Waals surface area contributed by atoms with E-state index in [4.69, 9.17) is 0 Å². The van der Waals surface area contributed by atoms with Crippen molar-refractivity contribution in [1.29, 1.82) is 0 Å². The molecular weight excluding hydrogens is 558 g/mol. The van der Waals surface area contributed by atoms with Gasteiger partial charge in [-0.1, -0.05) is 105 Å². The Labute approximate surface area is 255 Å². The van der Waals surface area contributed by atoms with E-state index in [2.05, 4.69) is 5.32 Å². The summed E-state index contributed by atoms with van der Waals surface area (Å²) in [5, 5.41) is 3.01. The number of aryl methyl sites for hydroxylation is 1. The van der Waals surface area contributed by atoms with Crippen LogP contribution in [0.15, 0.2) is 120 Å². The molecule has 7 nitrogen and oxygen atoms in total. The van der Waals surface area contributed by atoms with Crippen LogP contribution in [-0.2, 0) is 32.6 Å². The van der Waals surface area contributed by atoms with Crippen LogP contribution in [0.5, 0.6) is 0 Å². The largest absolute Gasteiger partial charge is 0.354 e. The molecule has 1 N–H and O–H groups in total. The van der Waals surface area contributed by atoms with Gasteiger partial charge in [0.2, 0.25) is 11.8 Å². The van der Waals surface area contributed by atoms with E-state index >= 15 is 0 Å². The van der Waals surface area contributed by atoms with Crippen LogP contribution in [0.3, 0.4) is 0 Å². The zero-order valence-electron chi connectivity index (χ0n) is 24.9. The zero-order valence-corrected chi connectivity index (χ0v) is 25.7. The second-order valence-electron chi connectivity index (χ2n) is 11.0. The van der Waals surface area contributed by atoms with Gasteiger partial charge >= 0.3 is 0 Å². The number of hydrogen-bond acceptors (Lipinski definition) is 4. The Balaban J connectivity index is 1.78. The van der Waals surface area contributed by atoms with Crippen molar-refractivity contribution < 1.29 is 18.0 Å². The minimum atomic E-state index is -4.11. The minimum absolute atomic E-state index is 0.0782. The van der Waals surface area contributed by atoms with Crippen LogP contribution in [0.4, 0.5) is 5.69 Å². The first-order chi connectivity index (χ1) is 20.6. The smallest absolute Gasteiger partial charge is 0.264 e. The normalized spacial score (nSPS) is 12.0. The Kier molecular flexibility index (Phi) is 10.7. The molecule has 0 saturated carbocycles. The topological polar surface area (TPSA) is 86.8 Å². The van der Waals surface area contributed by atoms with Crippen molar-refractivity contribution in [2.45, 2.75) is 44.7 Å². The summed E-state index contributed by atoms with van der Waals surface area (Å²) in [4.78, 5) is 29.8. The van der Waals surface area contributed by atoms with E-state index < -0.39 is 28.5 Å². The van der Waals surface area contributed by atoms with E-state index in [1.54, 1.807) is 36.4 Å². The number of amides is 2. The Morgan fingerprint density at radius 3 is 1.93 bits per heavy atom. The number of sulfonamides is 1. The van der Waals surface area contributed by atoms with Gasteiger partial charge in [-0.25, -0.2) is 8.42 Å². The van der Waals surface area contributed by atoms with E-state index in [1.807, 2.05) is 87.5 Å². The van der Waals surface area contributed by atoms with Gasteiger partial charge in [0.05, 0.1) is 10.6 Å². The molecule has 0 aromatic heterocycles. The van der Waals surface area contributed by atoms with Crippen molar-refractivity contribution in [3.05, 3.63) is 132 Å². The van der Waals surface area contributed by atoms with Crippen molar-refractivity contribution in [2.75, 3.05) is 17.4 Å². The van der Waals surface area contributed by atoms with Crippen LogP contribution >= 0.6 is 0 Å². The Morgan fingerprint density at radius 2 is 1.35 bits per heavy atom. The maximum atomic E-state index is 14.4. The number of anilines is 1. The molecule has 0 spiro atoms. The Morgan fingerprint density at radius 1 is 0.767 bits per heavy atom. The fourth-order valence-electron chi connectivity index (χ4n) is 4.79. The molecule has 8 heteroatoms. The fraction of sp³-hybridized carbons (Fsp3) is 0.257. The molecule has 0 fully saturated rings. The van der Waals surface area contributed by atoms with Crippen molar-refractivity contribution in [3.63, 3.8) is 0 Å². The number of carbonyl (C=O) groups is 2. The highest BCUT2D eigenvalue weighted by atomic mass is 32.2. The summed E-state index contributed by atoms with van der Waals surface area (Å²) in [7, 11) is -4.11. The molecule has 0 aliphatic heterocycles. The molecule has 224 valence electrons. The van der Waals surface area contributed by atoms with E-state index in [0.29, 0.717) is 12.2 Å². The molecule has 2 amide bonds. The average Bonchev–Trinajstić information content (AvgIpc) is 3.01. The molecule has 0 unspecified atom stereocenters. The molecule has 1 atom stereocenters. The molecule has 0 aliphatic rings. The molecule has 43 heavy (non-hydrogen) atoms. The SMILES string of the molecule is Cc1cccc(N(CC(=O)N(Cc2ccccc2)[C@H](Cc2ccccc2)C(=O)NCC(C)C)S(=O)(=O)c2ccccc2)c1. The van der Waals surface area contributed by atoms with Crippen LogP contribution in [-0.4, -0.2) is 44.3 Å². The highest BCUT2D eigenvalue weighted by molar-refractivity contribution is 7.92. The minimum Gasteiger partial charge on any atom is -0.354 e. The van der Waals surface area contributed by atoms with Crippen LogP contribution in [0, 0.1) is 12.8 Å². The number of benzene rings is 4. The lowest BCUT2D eigenvalue weighted by Gasteiger charge is -2.34. The van der Waals surface area contributed by atoms with Crippen LogP contribution in [0.1, 0.15) is 30.5 Å². The number of carbonyl (C=O) groups excluding carboxylic acids is 2. The highest BCUT2D eigenvalue weighted by Gasteiger charge is 2.34. The van der Waals surface area contributed by atoms with Crippen LogP contribution in [0.2, 0.25) is 0 Å². The van der Waals surface area contributed by atoms with Gasteiger partial charge in [0, 0.05) is 19.5 Å². The summed E-state index contributed by atoms with van der Waals surface area (Å²) < 4.78 is 29.2. The summed E-state index contributed by atoms with van der Waals surface area (Å²) in [6.07, 6.45) is 0.277. The molecule has 0 radical (unpaired) electrons. The predicted molar refractivity (Wildman–Crippen MR) is 171 cm³/mol. The lowest BCUT2D eigenvalue weighted by atomic mass is 10.0. The van der Waals surface area contributed by atoms with Gasteiger partial charge in [-0.05, 0) is 53.8 Å². The van der Waals surface area contributed by atoms with Gasteiger partial charge in [-0.15, -0.1) is 0 Å². The number of nitrogens with zero attached hydrogens (tertiary/aromatic N) is 2. The third kappa shape index (κ3) is 8.55. The predicted octanol–water partition coefficient (Wildman–Crippen LogP) is 5.60. The van der Waals surface area contributed by atoms with Gasteiger partial charge in [-0.3, -0.25) is 13.9 Å². The van der Waals surface area contributed by atoms with Gasteiger partial charge in [-0.2, -0.15) is 0 Å². The maximum absolute atomic E-state index is 14.4. The van der Waals surface area contributed by atoms with Gasteiger partial charge in [0.1, 0.15) is 12.6 Å².